The standard InChI is InChI=1S/C20H20BrNO2/c21-17-7-6-16-8-9-20(18(16)12-17)10-11-22(14-20)19(23)24-13-15-4-2-1-3-5-15/h1-7,12H,8-11,13-14H2. The van der Waals surface area contributed by atoms with Gasteiger partial charge in [-0.2, -0.15) is 0 Å². The van der Waals surface area contributed by atoms with Crippen LogP contribution in [0.4, 0.5) is 4.79 Å². The monoisotopic (exact) mass is 385 g/mol. The third-order valence-corrected chi connectivity index (χ3v) is 5.83. The summed E-state index contributed by atoms with van der Waals surface area (Å²) in [4.78, 5) is 14.3. The molecule has 2 aromatic rings. The molecule has 1 aliphatic carbocycles. The van der Waals surface area contributed by atoms with Crippen LogP contribution in [0, 0.1) is 0 Å². The molecule has 1 spiro atoms. The van der Waals surface area contributed by atoms with E-state index in [9.17, 15) is 4.79 Å². The van der Waals surface area contributed by atoms with Gasteiger partial charge in [0.1, 0.15) is 6.61 Å². The quantitative estimate of drug-likeness (QED) is 0.751. The van der Waals surface area contributed by atoms with Gasteiger partial charge in [0.25, 0.3) is 0 Å². The lowest BCUT2D eigenvalue weighted by Gasteiger charge is -2.25. The molecule has 1 heterocycles. The van der Waals surface area contributed by atoms with Gasteiger partial charge >= 0.3 is 6.09 Å². The van der Waals surface area contributed by atoms with Gasteiger partial charge in [-0.3, -0.25) is 0 Å². The molecular weight excluding hydrogens is 366 g/mol. The maximum atomic E-state index is 12.4. The molecule has 0 radical (unpaired) electrons. The van der Waals surface area contributed by atoms with Gasteiger partial charge in [0.05, 0.1) is 0 Å². The van der Waals surface area contributed by atoms with Gasteiger partial charge in [0.15, 0.2) is 0 Å². The number of rotatable bonds is 2. The number of carbonyl (C=O) groups is 1. The van der Waals surface area contributed by atoms with Crippen molar-refractivity contribution in [3.8, 4) is 0 Å². The molecule has 1 aliphatic heterocycles. The van der Waals surface area contributed by atoms with E-state index >= 15 is 0 Å². The van der Waals surface area contributed by atoms with E-state index in [-0.39, 0.29) is 11.5 Å². The number of benzene rings is 2. The summed E-state index contributed by atoms with van der Waals surface area (Å²) in [7, 11) is 0. The van der Waals surface area contributed by atoms with Crippen LogP contribution in [0.1, 0.15) is 29.5 Å². The number of ether oxygens (including phenoxy) is 1. The Morgan fingerprint density at radius 1 is 1.17 bits per heavy atom. The molecule has 4 rings (SSSR count). The molecular formula is C20H20BrNO2. The highest BCUT2D eigenvalue weighted by molar-refractivity contribution is 9.10. The Morgan fingerprint density at radius 2 is 2.00 bits per heavy atom. The van der Waals surface area contributed by atoms with E-state index in [4.69, 9.17) is 4.74 Å². The molecule has 4 heteroatoms. The van der Waals surface area contributed by atoms with Gasteiger partial charge in [0.2, 0.25) is 0 Å². The Bertz CT molecular complexity index is 761. The maximum absolute atomic E-state index is 12.4. The third kappa shape index (κ3) is 2.84. The normalized spacial score (nSPS) is 22.0. The van der Waals surface area contributed by atoms with Crippen LogP contribution in [0.3, 0.4) is 0 Å². The van der Waals surface area contributed by atoms with E-state index in [1.54, 1.807) is 0 Å². The lowest BCUT2D eigenvalue weighted by molar-refractivity contribution is 0.102. The molecule has 0 N–H and O–H groups in total. The SMILES string of the molecule is O=C(OCc1ccccc1)N1CCC2(CCc3ccc(Br)cc32)C1. The van der Waals surface area contributed by atoms with Crippen LogP contribution in [-0.4, -0.2) is 24.1 Å². The molecule has 1 amide bonds. The van der Waals surface area contributed by atoms with Crippen molar-refractivity contribution < 1.29 is 9.53 Å². The fraction of sp³-hybridized carbons (Fsp3) is 0.350. The summed E-state index contributed by atoms with van der Waals surface area (Å²) in [5.41, 5.74) is 3.98. The molecule has 1 atom stereocenters. The minimum Gasteiger partial charge on any atom is -0.445 e. The molecule has 0 aromatic heterocycles. The first-order valence-electron chi connectivity index (χ1n) is 8.41. The summed E-state index contributed by atoms with van der Waals surface area (Å²) >= 11 is 3.58. The number of amides is 1. The fourth-order valence-corrected chi connectivity index (χ4v) is 4.39. The topological polar surface area (TPSA) is 29.5 Å². The fourth-order valence-electron chi connectivity index (χ4n) is 4.03. The van der Waals surface area contributed by atoms with Crippen LogP contribution in [0.2, 0.25) is 0 Å². The Morgan fingerprint density at radius 3 is 2.83 bits per heavy atom. The minimum atomic E-state index is -0.195. The predicted molar refractivity (Wildman–Crippen MR) is 97.0 cm³/mol. The number of nitrogens with zero attached hydrogens (tertiary/aromatic N) is 1. The number of aryl methyl sites for hydroxylation is 1. The molecule has 3 nitrogen and oxygen atoms in total. The zero-order valence-electron chi connectivity index (χ0n) is 13.5. The van der Waals surface area contributed by atoms with E-state index in [1.165, 1.54) is 11.1 Å². The van der Waals surface area contributed by atoms with Gasteiger partial charge in [-0.25, -0.2) is 4.79 Å². The molecule has 2 aliphatic rings. The number of carbonyl (C=O) groups excluding carboxylic acids is 1. The van der Waals surface area contributed by atoms with Crippen molar-refractivity contribution in [1.29, 1.82) is 0 Å². The van der Waals surface area contributed by atoms with Gasteiger partial charge < -0.3 is 9.64 Å². The Hall–Kier alpha value is -1.81. The van der Waals surface area contributed by atoms with E-state index in [0.717, 1.165) is 42.4 Å². The first-order chi connectivity index (χ1) is 11.7. The lowest BCUT2D eigenvalue weighted by atomic mass is 9.81. The summed E-state index contributed by atoms with van der Waals surface area (Å²) in [6.45, 7) is 1.88. The first kappa shape index (κ1) is 15.7. The predicted octanol–water partition coefficient (Wildman–Crippen LogP) is 4.68. The molecule has 1 saturated heterocycles. The summed E-state index contributed by atoms with van der Waals surface area (Å²) < 4.78 is 6.62. The third-order valence-electron chi connectivity index (χ3n) is 5.33. The van der Waals surface area contributed by atoms with Crippen LogP contribution in [0.15, 0.2) is 53.0 Å². The van der Waals surface area contributed by atoms with Crippen molar-refractivity contribution in [1.82, 2.24) is 4.90 Å². The summed E-state index contributed by atoms with van der Waals surface area (Å²) in [6, 6.07) is 16.4. The molecule has 24 heavy (non-hydrogen) atoms. The second-order valence-electron chi connectivity index (χ2n) is 6.79. The van der Waals surface area contributed by atoms with Crippen molar-refractivity contribution >= 4 is 22.0 Å². The maximum Gasteiger partial charge on any atom is 0.410 e. The molecule has 1 fully saturated rings. The molecule has 2 aromatic carbocycles. The number of fused-ring (bicyclic) bond motifs is 2. The second kappa shape index (κ2) is 6.25. The van der Waals surface area contributed by atoms with Crippen LogP contribution >= 0.6 is 15.9 Å². The number of hydrogen-bond donors (Lipinski definition) is 0. The van der Waals surface area contributed by atoms with Crippen molar-refractivity contribution in [3.63, 3.8) is 0 Å². The molecule has 1 unspecified atom stereocenters. The van der Waals surface area contributed by atoms with Crippen molar-refractivity contribution in [2.75, 3.05) is 13.1 Å². The Kier molecular flexibility index (Phi) is 4.09. The van der Waals surface area contributed by atoms with Gasteiger partial charge in [-0.05, 0) is 48.1 Å². The van der Waals surface area contributed by atoms with E-state index in [1.807, 2.05) is 35.2 Å². The van der Waals surface area contributed by atoms with E-state index in [2.05, 4.69) is 34.1 Å². The van der Waals surface area contributed by atoms with E-state index in [0.29, 0.717) is 6.61 Å². The first-order valence-corrected chi connectivity index (χ1v) is 9.20. The molecule has 0 bridgehead atoms. The highest BCUT2D eigenvalue weighted by atomic mass is 79.9. The summed E-state index contributed by atoms with van der Waals surface area (Å²) in [5.74, 6) is 0. The Labute approximate surface area is 150 Å². The smallest absolute Gasteiger partial charge is 0.410 e. The summed E-state index contributed by atoms with van der Waals surface area (Å²) in [6.07, 6.45) is 3.06. The largest absolute Gasteiger partial charge is 0.445 e. The van der Waals surface area contributed by atoms with Crippen LogP contribution in [0.5, 0.6) is 0 Å². The van der Waals surface area contributed by atoms with Crippen molar-refractivity contribution in [3.05, 3.63) is 69.7 Å². The zero-order valence-corrected chi connectivity index (χ0v) is 15.1. The van der Waals surface area contributed by atoms with Crippen molar-refractivity contribution in [2.45, 2.75) is 31.3 Å². The lowest BCUT2D eigenvalue weighted by Crippen LogP contribution is -2.33. The second-order valence-corrected chi connectivity index (χ2v) is 7.71. The van der Waals surface area contributed by atoms with Gasteiger partial charge in [-0.1, -0.05) is 52.3 Å². The van der Waals surface area contributed by atoms with E-state index < -0.39 is 0 Å². The highest BCUT2D eigenvalue weighted by Gasteiger charge is 2.45. The average Bonchev–Trinajstić information content (AvgIpc) is 3.19. The molecule has 124 valence electrons. The zero-order chi connectivity index (χ0) is 16.6. The van der Waals surface area contributed by atoms with Crippen LogP contribution in [0.25, 0.3) is 0 Å². The summed E-state index contributed by atoms with van der Waals surface area (Å²) in [5, 5.41) is 0. The van der Waals surface area contributed by atoms with Gasteiger partial charge in [0, 0.05) is 23.0 Å². The van der Waals surface area contributed by atoms with Crippen molar-refractivity contribution in [2.24, 2.45) is 0 Å². The molecule has 0 saturated carbocycles. The number of halogens is 1. The number of hydrogen-bond acceptors (Lipinski definition) is 2. The van der Waals surface area contributed by atoms with Crippen LogP contribution in [-0.2, 0) is 23.2 Å². The highest BCUT2D eigenvalue weighted by Crippen LogP contribution is 2.46. The van der Waals surface area contributed by atoms with Crippen LogP contribution < -0.4 is 0 Å². The number of likely N-dealkylation sites (tertiary alicyclic amines) is 1. The average molecular weight is 386 g/mol. The van der Waals surface area contributed by atoms with Gasteiger partial charge in [-0.15, -0.1) is 0 Å². The minimum absolute atomic E-state index is 0.116. The Balaban J connectivity index is 1.44.